The molecule has 0 saturated carbocycles. The number of carbonyl (C=O) groups excluding carboxylic acids is 3. The second-order valence-corrected chi connectivity index (χ2v) is 10.9. The molecule has 3 heterocycles. The number of aryl methyl sites for hydroxylation is 1. The summed E-state index contributed by atoms with van der Waals surface area (Å²) in [7, 11) is 3.48. The Bertz CT molecular complexity index is 1230. The number of piperazine rings is 1. The lowest BCUT2D eigenvalue weighted by Gasteiger charge is -2.36. The highest BCUT2D eigenvalue weighted by molar-refractivity contribution is 6.00. The van der Waals surface area contributed by atoms with Crippen LogP contribution in [0.3, 0.4) is 0 Å². The number of ether oxygens (including phenoxy) is 1. The van der Waals surface area contributed by atoms with Gasteiger partial charge < -0.3 is 14.5 Å². The van der Waals surface area contributed by atoms with E-state index in [0.717, 1.165) is 50.3 Å². The van der Waals surface area contributed by atoms with Crippen LogP contribution in [0.2, 0.25) is 0 Å². The van der Waals surface area contributed by atoms with Crippen LogP contribution in [0.5, 0.6) is 0 Å². The number of carbonyl (C=O) groups is 3. The summed E-state index contributed by atoms with van der Waals surface area (Å²) < 4.78 is 8.48. The van der Waals surface area contributed by atoms with Crippen LogP contribution in [0.1, 0.15) is 46.1 Å². The SMILES string of the molecule is CN(CCCN1CCN(c2ccc3c(c2)n(C)c(=O)n3C2CCC(=O)NC2=O)CC1)C(=O)OC(C)(C)C. The van der Waals surface area contributed by atoms with Crippen LogP contribution in [-0.4, -0.2) is 88.8 Å². The van der Waals surface area contributed by atoms with Gasteiger partial charge >= 0.3 is 11.8 Å². The van der Waals surface area contributed by atoms with E-state index in [4.69, 9.17) is 4.74 Å². The van der Waals surface area contributed by atoms with E-state index in [1.165, 1.54) is 4.57 Å². The number of aromatic nitrogens is 2. The maximum atomic E-state index is 13.0. The minimum absolute atomic E-state index is 0.221. The molecule has 0 bridgehead atoms. The number of hydrogen-bond donors (Lipinski definition) is 1. The first-order chi connectivity index (χ1) is 17.4. The second-order valence-electron chi connectivity index (χ2n) is 10.9. The molecular formula is C26H38N6O5. The van der Waals surface area contributed by atoms with Crippen LogP contribution in [0.25, 0.3) is 11.0 Å². The van der Waals surface area contributed by atoms with Crippen LogP contribution < -0.4 is 15.9 Å². The predicted molar refractivity (Wildman–Crippen MR) is 141 cm³/mol. The molecule has 2 aromatic rings. The standard InChI is InChI=1S/C26H38N6O5/c1-26(2,3)37-25(36)28(4)11-6-12-30-13-15-31(16-14-30)18-7-8-19-21(17-18)29(5)24(35)32(19)20-9-10-22(33)27-23(20)34/h7-8,17,20H,6,9-16H2,1-5H3,(H,27,33,34). The van der Waals surface area contributed by atoms with Gasteiger partial charge in [0.1, 0.15) is 11.6 Å². The monoisotopic (exact) mass is 514 g/mol. The molecule has 1 aromatic heterocycles. The van der Waals surface area contributed by atoms with E-state index in [9.17, 15) is 19.2 Å². The average molecular weight is 515 g/mol. The number of hydrogen-bond acceptors (Lipinski definition) is 7. The van der Waals surface area contributed by atoms with Crippen molar-refractivity contribution >= 4 is 34.6 Å². The zero-order valence-electron chi connectivity index (χ0n) is 22.5. The van der Waals surface area contributed by atoms with Crippen LogP contribution in [0.15, 0.2) is 23.0 Å². The fourth-order valence-corrected chi connectivity index (χ4v) is 4.97. The van der Waals surface area contributed by atoms with Crippen LogP contribution in [0, 0.1) is 0 Å². The van der Waals surface area contributed by atoms with E-state index in [1.807, 2.05) is 39.0 Å². The molecule has 1 N–H and O–H groups in total. The summed E-state index contributed by atoms with van der Waals surface area (Å²) in [6.07, 6.45) is 1.12. The molecule has 0 radical (unpaired) electrons. The van der Waals surface area contributed by atoms with Crippen molar-refractivity contribution in [3.63, 3.8) is 0 Å². The van der Waals surface area contributed by atoms with Gasteiger partial charge in [0.2, 0.25) is 11.8 Å². The molecule has 1 aromatic carbocycles. The Balaban J connectivity index is 1.35. The van der Waals surface area contributed by atoms with Crippen molar-refractivity contribution in [2.45, 2.75) is 51.7 Å². The van der Waals surface area contributed by atoms with E-state index >= 15 is 0 Å². The van der Waals surface area contributed by atoms with Gasteiger partial charge in [-0.3, -0.25) is 28.9 Å². The number of piperidine rings is 1. The number of amides is 3. The molecule has 2 aliphatic rings. The molecule has 4 rings (SSSR count). The van der Waals surface area contributed by atoms with Crippen molar-refractivity contribution in [1.82, 2.24) is 24.3 Å². The van der Waals surface area contributed by atoms with E-state index in [0.29, 0.717) is 18.5 Å². The van der Waals surface area contributed by atoms with Gasteiger partial charge in [0, 0.05) is 58.9 Å². The largest absolute Gasteiger partial charge is 0.444 e. The average Bonchev–Trinajstić information content (AvgIpc) is 3.08. The summed E-state index contributed by atoms with van der Waals surface area (Å²) in [6.45, 7) is 10.7. The summed E-state index contributed by atoms with van der Waals surface area (Å²) in [5.74, 6) is -0.727. The highest BCUT2D eigenvalue weighted by Gasteiger charge is 2.31. The molecule has 11 nitrogen and oxygen atoms in total. The van der Waals surface area contributed by atoms with Crippen molar-refractivity contribution in [2.24, 2.45) is 7.05 Å². The minimum Gasteiger partial charge on any atom is -0.444 e. The maximum absolute atomic E-state index is 13.0. The lowest BCUT2D eigenvalue weighted by Crippen LogP contribution is -2.47. The number of nitrogens with zero attached hydrogens (tertiary/aromatic N) is 5. The van der Waals surface area contributed by atoms with Crippen molar-refractivity contribution in [3.05, 3.63) is 28.7 Å². The molecule has 2 fully saturated rings. The Hall–Kier alpha value is -3.34. The lowest BCUT2D eigenvalue weighted by molar-refractivity contribution is -0.135. The van der Waals surface area contributed by atoms with Gasteiger partial charge in [-0.15, -0.1) is 0 Å². The van der Waals surface area contributed by atoms with Crippen molar-refractivity contribution in [3.8, 4) is 0 Å². The van der Waals surface area contributed by atoms with Gasteiger partial charge in [-0.1, -0.05) is 0 Å². The summed E-state index contributed by atoms with van der Waals surface area (Å²) in [6, 6.07) is 5.21. The molecule has 0 spiro atoms. The zero-order valence-corrected chi connectivity index (χ0v) is 22.5. The number of benzene rings is 1. The van der Waals surface area contributed by atoms with Crippen molar-refractivity contribution in [2.75, 3.05) is 51.2 Å². The van der Waals surface area contributed by atoms with Gasteiger partial charge in [0.25, 0.3) is 0 Å². The van der Waals surface area contributed by atoms with E-state index < -0.39 is 17.6 Å². The third-order valence-corrected chi connectivity index (χ3v) is 7.01. The van der Waals surface area contributed by atoms with Gasteiger partial charge in [0.15, 0.2) is 0 Å². The first-order valence-electron chi connectivity index (χ1n) is 12.9. The van der Waals surface area contributed by atoms with Crippen molar-refractivity contribution < 1.29 is 19.1 Å². The molecule has 1 unspecified atom stereocenters. The summed E-state index contributed by atoms with van der Waals surface area (Å²) in [5.41, 5.74) is 1.74. The Morgan fingerprint density at radius 2 is 1.81 bits per heavy atom. The molecule has 37 heavy (non-hydrogen) atoms. The summed E-state index contributed by atoms with van der Waals surface area (Å²) >= 11 is 0. The van der Waals surface area contributed by atoms with Crippen molar-refractivity contribution in [1.29, 1.82) is 0 Å². The fraction of sp³-hybridized carbons (Fsp3) is 0.615. The molecule has 3 amide bonds. The van der Waals surface area contributed by atoms with Crippen LogP contribution >= 0.6 is 0 Å². The molecule has 11 heteroatoms. The number of imidazole rings is 1. The molecular weight excluding hydrogens is 476 g/mol. The lowest BCUT2D eigenvalue weighted by atomic mass is 10.1. The summed E-state index contributed by atoms with van der Waals surface area (Å²) in [5, 5.41) is 2.35. The first-order valence-corrected chi connectivity index (χ1v) is 12.9. The second kappa shape index (κ2) is 10.6. The van der Waals surface area contributed by atoms with Gasteiger partial charge in [0.05, 0.1) is 11.0 Å². The Labute approximate surface area is 216 Å². The Morgan fingerprint density at radius 3 is 2.46 bits per heavy atom. The third-order valence-electron chi connectivity index (χ3n) is 7.01. The van der Waals surface area contributed by atoms with Gasteiger partial charge in [-0.05, 0) is 58.4 Å². The quantitative estimate of drug-likeness (QED) is 0.585. The highest BCUT2D eigenvalue weighted by Crippen LogP contribution is 2.27. The van der Waals surface area contributed by atoms with E-state index in [1.54, 1.807) is 23.6 Å². The number of rotatable bonds is 6. The molecule has 2 aliphatic heterocycles. The number of nitrogens with one attached hydrogen (secondary N) is 1. The normalized spacial score (nSPS) is 19.3. The number of anilines is 1. The van der Waals surface area contributed by atoms with Crippen LogP contribution in [-0.2, 0) is 21.4 Å². The fourth-order valence-electron chi connectivity index (χ4n) is 4.97. The van der Waals surface area contributed by atoms with E-state index in [-0.39, 0.29) is 24.1 Å². The predicted octanol–water partition coefficient (Wildman–Crippen LogP) is 1.70. The minimum atomic E-state index is -0.683. The van der Waals surface area contributed by atoms with E-state index in [2.05, 4.69) is 15.1 Å². The highest BCUT2D eigenvalue weighted by atomic mass is 16.6. The topological polar surface area (TPSA) is 109 Å². The number of fused-ring (bicyclic) bond motifs is 1. The van der Waals surface area contributed by atoms with Gasteiger partial charge in [-0.25, -0.2) is 9.59 Å². The molecule has 0 aliphatic carbocycles. The smallest absolute Gasteiger partial charge is 0.410 e. The molecule has 202 valence electrons. The zero-order chi connectivity index (χ0) is 26.9. The Kier molecular flexibility index (Phi) is 7.63. The first kappa shape index (κ1) is 26.7. The third kappa shape index (κ3) is 5.98. The van der Waals surface area contributed by atoms with Crippen LogP contribution in [0.4, 0.5) is 10.5 Å². The Morgan fingerprint density at radius 1 is 1.11 bits per heavy atom. The molecule has 1 atom stereocenters. The van der Waals surface area contributed by atoms with Gasteiger partial charge in [-0.2, -0.15) is 0 Å². The number of imide groups is 1. The molecule has 2 saturated heterocycles. The summed E-state index contributed by atoms with van der Waals surface area (Å²) in [4.78, 5) is 55.4. The maximum Gasteiger partial charge on any atom is 0.410 e.